The van der Waals surface area contributed by atoms with Crippen molar-refractivity contribution in [2.24, 2.45) is 0 Å². The van der Waals surface area contributed by atoms with Crippen LogP contribution in [0.25, 0.3) is 109 Å². The fraction of sp³-hybridized carbons (Fsp3) is 0. The molecule has 0 saturated heterocycles. The summed E-state index contributed by atoms with van der Waals surface area (Å²) >= 11 is 2.50. The molecule has 0 saturated carbocycles. The van der Waals surface area contributed by atoms with Gasteiger partial charge in [0, 0.05) is 21.9 Å². The minimum Gasteiger partial charge on any atom is -0.292 e. The van der Waals surface area contributed by atoms with Crippen molar-refractivity contribution in [3.05, 3.63) is 193 Å². The van der Waals surface area contributed by atoms with Crippen molar-refractivity contribution >= 4 is 98.1 Å². The highest BCUT2D eigenvalue weighted by molar-refractivity contribution is 8.27. The number of aromatic nitrogens is 6. The maximum absolute atomic E-state index is 8.98. The second-order valence-corrected chi connectivity index (χ2v) is 17.5. The van der Waals surface area contributed by atoms with Gasteiger partial charge in [-0.2, -0.15) is 0 Å². The van der Waals surface area contributed by atoms with Crippen molar-refractivity contribution in [2.75, 3.05) is 0 Å². The van der Waals surface area contributed by atoms with E-state index in [9.17, 15) is 0 Å². The Morgan fingerprint density at radius 3 is 1.45 bits per heavy atom. The topological polar surface area (TPSA) is 125 Å². The smallest absolute Gasteiger partial charge is 0.166 e. The zero-order chi connectivity index (χ0) is 42.7. The number of nitrogens with zero attached hydrogens (tertiary/aromatic N) is 6. The Labute approximate surface area is 374 Å². The summed E-state index contributed by atoms with van der Waals surface area (Å²) in [5.74, 6) is 0. The summed E-state index contributed by atoms with van der Waals surface area (Å²) in [7, 11) is 0. The molecule has 0 fully saturated rings. The standard InChI is InChI=1S/C54H32N8S2/c55-51(47-21-9-19-43(57-47)41-29-31-11-1-3-13-33(31)35-15-5-7-17-37(35)41)63-52(56)48-25-23-39-40-24-26-50(60-46(40)28-27-45(39)58-48)54-62-61-53(64-54)49-22-10-20-44(59-49)42-30-32-12-2-4-14-34(32)36-16-6-8-18-38(36)42/h1-30,55-56H. The first-order chi connectivity index (χ1) is 31.5. The summed E-state index contributed by atoms with van der Waals surface area (Å²) in [5.41, 5.74) is 7.74. The van der Waals surface area contributed by atoms with Crippen LogP contribution >= 0.6 is 23.1 Å². The molecule has 2 N–H and O–H groups in total. The van der Waals surface area contributed by atoms with Crippen LogP contribution < -0.4 is 0 Å². The molecule has 300 valence electrons. The van der Waals surface area contributed by atoms with Gasteiger partial charge < -0.3 is 0 Å². The second kappa shape index (κ2) is 15.4. The monoisotopic (exact) mass is 856 g/mol. The molecule has 0 radical (unpaired) electrons. The van der Waals surface area contributed by atoms with Crippen molar-refractivity contribution in [1.82, 2.24) is 30.1 Å². The predicted molar refractivity (Wildman–Crippen MR) is 266 cm³/mol. The van der Waals surface area contributed by atoms with Crippen molar-refractivity contribution in [3.63, 3.8) is 0 Å². The van der Waals surface area contributed by atoms with Gasteiger partial charge in [0.05, 0.1) is 33.8 Å². The largest absolute Gasteiger partial charge is 0.292 e. The average Bonchev–Trinajstić information content (AvgIpc) is 3.86. The van der Waals surface area contributed by atoms with Gasteiger partial charge in [-0.05, 0) is 128 Å². The maximum Gasteiger partial charge on any atom is 0.166 e. The Balaban J connectivity index is 0.790. The molecule has 0 aliphatic rings. The van der Waals surface area contributed by atoms with Crippen molar-refractivity contribution in [1.29, 1.82) is 10.8 Å². The molecule has 0 atom stereocenters. The van der Waals surface area contributed by atoms with Gasteiger partial charge in [0.25, 0.3) is 0 Å². The van der Waals surface area contributed by atoms with E-state index in [0.717, 1.165) is 94.0 Å². The SMILES string of the molecule is N=C(SC(=N)c1ccc2c(ccc3nc(-c4nnc(-c5cccc(-c6cc7ccccc7c7ccccc67)n5)s4)ccc32)n1)c1cccc(-c2cc3ccccc3c3ccccc23)n1. The zero-order valence-electron chi connectivity index (χ0n) is 33.8. The predicted octanol–water partition coefficient (Wildman–Crippen LogP) is 13.8. The summed E-state index contributed by atoms with van der Waals surface area (Å²) < 4.78 is 0. The van der Waals surface area contributed by atoms with E-state index in [0.29, 0.717) is 16.4 Å². The molecular weight excluding hydrogens is 825 g/mol. The molecule has 0 bridgehead atoms. The van der Waals surface area contributed by atoms with Crippen LogP contribution in [0.4, 0.5) is 0 Å². The molecule has 7 aromatic carbocycles. The van der Waals surface area contributed by atoms with Crippen molar-refractivity contribution < 1.29 is 0 Å². The summed E-state index contributed by atoms with van der Waals surface area (Å²) in [5, 5.41) is 40.0. The number of hydrogen-bond acceptors (Lipinski definition) is 10. The van der Waals surface area contributed by atoms with E-state index >= 15 is 0 Å². The molecule has 0 aliphatic carbocycles. The van der Waals surface area contributed by atoms with Crippen LogP contribution in [0.5, 0.6) is 0 Å². The van der Waals surface area contributed by atoms with Gasteiger partial charge in [0.15, 0.2) is 10.0 Å². The third kappa shape index (κ3) is 6.55. The van der Waals surface area contributed by atoms with Crippen molar-refractivity contribution in [2.45, 2.75) is 0 Å². The number of fused-ring (bicyclic) bond motifs is 9. The molecule has 0 amide bonds. The van der Waals surface area contributed by atoms with Gasteiger partial charge in [-0.1, -0.05) is 121 Å². The number of benzene rings is 7. The third-order valence-corrected chi connectivity index (χ3v) is 13.5. The molecule has 0 aliphatic heterocycles. The lowest BCUT2D eigenvalue weighted by Gasteiger charge is -2.12. The Kier molecular flexibility index (Phi) is 9.06. The highest BCUT2D eigenvalue weighted by Gasteiger charge is 2.18. The quantitative estimate of drug-likeness (QED) is 0.0969. The normalized spacial score (nSPS) is 11.6. The molecule has 12 rings (SSSR count). The third-order valence-electron chi connectivity index (χ3n) is 11.7. The fourth-order valence-corrected chi connectivity index (χ4v) is 10.1. The van der Waals surface area contributed by atoms with E-state index in [2.05, 4.69) is 107 Å². The Hall–Kier alpha value is -8.05. The summed E-state index contributed by atoms with van der Waals surface area (Å²) in [6.45, 7) is 0. The first-order valence-electron chi connectivity index (χ1n) is 20.7. The molecule has 8 nitrogen and oxygen atoms in total. The van der Waals surface area contributed by atoms with Crippen LogP contribution in [0.1, 0.15) is 11.4 Å². The summed E-state index contributed by atoms with van der Waals surface area (Å²) in [4.78, 5) is 19.9. The van der Waals surface area contributed by atoms with E-state index in [4.69, 9.17) is 30.8 Å². The molecule has 10 heteroatoms. The first-order valence-corrected chi connectivity index (χ1v) is 22.3. The average molecular weight is 857 g/mol. The molecule has 0 spiro atoms. The highest BCUT2D eigenvalue weighted by Crippen LogP contribution is 2.38. The summed E-state index contributed by atoms with van der Waals surface area (Å²) in [6, 6.07) is 61.5. The van der Waals surface area contributed by atoms with Gasteiger partial charge in [-0.25, -0.2) is 19.9 Å². The number of pyridine rings is 4. The maximum atomic E-state index is 8.98. The molecule has 0 unspecified atom stereocenters. The minimum absolute atomic E-state index is 0.168. The fourth-order valence-electron chi connectivity index (χ4n) is 8.65. The number of thioether (sulfide) groups is 1. The van der Waals surface area contributed by atoms with Crippen LogP contribution in [-0.4, -0.2) is 40.2 Å². The lowest BCUT2D eigenvalue weighted by molar-refractivity contribution is 1.08. The van der Waals surface area contributed by atoms with Gasteiger partial charge in [-0.15, -0.1) is 10.2 Å². The van der Waals surface area contributed by atoms with Crippen LogP contribution in [-0.2, 0) is 0 Å². The van der Waals surface area contributed by atoms with E-state index < -0.39 is 0 Å². The number of nitrogens with one attached hydrogen (secondary N) is 2. The number of hydrogen-bond donors (Lipinski definition) is 2. The Morgan fingerprint density at radius 1 is 0.359 bits per heavy atom. The van der Waals surface area contributed by atoms with Crippen molar-refractivity contribution in [3.8, 4) is 43.9 Å². The Bertz CT molecular complexity index is 3900. The second-order valence-electron chi connectivity index (χ2n) is 15.5. The minimum atomic E-state index is 0.168. The molecule has 64 heavy (non-hydrogen) atoms. The molecule has 5 heterocycles. The van der Waals surface area contributed by atoms with Gasteiger partial charge >= 0.3 is 0 Å². The van der Waals surface area contributed by atoms with Gasteiger partial charge in [0.1, 0.15) is 21.5 Å². The number of rotatable bonds is 6. The van der Waals surface area contributed by atoms with E-state index in [-0.39, 0.29) is 10.1 Å². The summed E-state index contributed by atoms with van der Waals surface area (Å²) in [6.07, 6.45) is 0. The highest BCUT2D eigenvalue weighted by atomic mass is 32.2. The van der Waals surface area contributed by atoms with E-state index in [1.807, 2.05) is 84.9 Å². The van der Waals surface area contributed by atoms with Gasteiger partial charge in [-0.3, -0.25) is 10.8 Å². The molecule has 12 aromatic rings. The zero-order valence-corrected chi connectivity index (χ0v) is 35.5. The first kappa shape index (κ1) is 37.7. The van der Waals surface area contributed by atoms with E-state index in [1.54, 1.807) is 0 Å². The van der Waals surface area contributed by atoms with E-state index in [1.165, 1.54) is 32.9 Å². The Morgan fingerprint density at radius 2 is 0.828 bits per heavy atom. The van der Waals surface area contributed by atoms with Crippen LogP contribution in [0.15, 0.2) is 182 Å². The van der Waals surface area contributed by atoms with Crippen LogP contribution in [0.2, 0.25) is 0 Å². The lowest BCUT2D eigenvalue weighted by atomic mass is 9.95. The van der Waals surface area contributed by atoms with Crippen LogP contribution in [0, 0.1) is 10.8 Å². The molecular formula is C54H32N8S2. The van der Waals surface area contributed by atoms with Crippen LogP contribution in [0.3, 0.4) is 0 Å². The lowest BCUT2D eigenvalue weighted by Crippen LogP contribution is -2.05. The van der Waals surface area contributed by atoms with Gasteiger partial charge in [0.2, 0.25) is 0 Å². The molecule has 5 aromatic heterocycles.